The van der Waals surface area contributed by atoms with Crippen molar-refractivity contribution >= 4 is 6.29 Å². The Morgan fingerprint density at radius 1 is 1.62 bits per heavy atom. The lowest BCUT2D eigenvalue weighted by molar-refractivity contribution is 0.111. The van der Waals surface area contributed by atoms with Crippen molar-refractivity contribution < 1.29 is 9.18 Å². The van der Waals surface area contributed by atoms with Crippen molar-refractivity contribution in [2.75, 3.05) is 26.3 Å². The highest BCUT2D eigenvalue weighted by Gasteiger charge is 2.22. The number of aromatic nitrogens is 3. The number of halogens is 1. The largest absolute Gasteiger partial charge is 0.300 e. The van der Waals surface area contributed by atoms with E-state index < -0.39 is 0 Å². The van der Waals surface area contributed by atoms with E-state index in [0.29, 0.717) is 24.4 Å². The molecule has 2 heterocycles. The van der Waals surface area contributed by atoms with Gasteiger partial charge in [0.15, 0.2) is 6.29 Å². The number of carbonyl (C=O) groups excluding carboxylic acids is 1. The van der Waals surface area contributed by atoms with Crippen LogP contribution in [0, 0.1) is 5.92 Å². The van der Waals surface area contributed by atoms with E-state index in [9.17, 15) is 9.18 Å². The summed E-state index contributed by atoms with van der Waals surface area (Å²) in [5.41, 5.74) is 0.360. The Labute approximate surface area is 93.2 Å². The Kier molecular flexibility index (Phi) is 3.61. The zero-order chi connectivity index (χ0) is 11.4. The summed E-state index contributed by atoms with van der Waals surface area (Å²) in [6.07, 6.45) is 3.38. The van der Waals surface area contributed by atoms with Crippen LogP contribution in [0.15, 0.2) is 6.20 Å². The van der Waals surface area contributed by atoms with Crippen LogP contribution in [-0.4, -0.2) is 52.5 Å². The van der Waals surface area contributed by atoms with Gasteiger partial charge in [-0.25, -0.2) is 4.39 Å². The minimum atomic E-state index is -0.286. The van der Waals surface area contributed by atoms with Gasteiger partial charge >= 0.3 is 0 Å². The number of hydrogen-bond donors (Lipinski definition) is 0. The topological polar surface area (TPSA) is 51.0 Å². The highest BCUT2D eigenvalue weighted by Crippen LogP contribution is 2.17. The van der Waals surface area contributed by atoms with Crippen molar-refractivity contribution in [2.45, 2.75) is 13.0 Å². The summed E-state index contributed by atoms with van der Waals surface area (Å²) in [5, 5.41) is 7.57. The zero-order valence-corrected chi connectivity index (χ0v) is 9.05. The smallest absolute Gasteiger partial charge is 0.171 e. The van der Waals surface area contributed by atoms with Crippen LogP contribution in [0.2, 0.25) is 0 Å². The quantitative estimate of drug-likeness (QED) is 0.681. The third-order valence-electron chi connectivity index (χ3n) is 2.89. The lowest BCUT2D eigenvalue weighted by Crippen LogP contribution is -2.24. The number of alkyl halides is 1. The second-order valence-electron chi connectivity index (χ2n) is 4.13. The van der Waals surface area contributed by atoms with Crippen molar-refractivity contribution in [3.8, 4) is 0 Å². The van der Waals surface area contributed by atoms with Crippen LogP contribution in [-0.2, 0) is 6.54 Å². The summed E-state index contributed by atoms with van der Waals surface area (Å²) < 4.78 is 13.8. The third kappa shape index (κ3) is 2.63. The molecule has 88 valence electrons. The van der Waals surface area contributed by atoms with Crippen LogP contribution in [0.1, 0.15) is 16.9 Å². The molecule has 1 fully saturated rings. The summed E-state index contributed by atoms with van der Waals surface area (Å²) in [7, 11) is 0. The van der Waals surface area contributed by atoms with Crippen LogP contribution < -0.4 is 0 Å². The fourth-order valence-electron chi connectivity index (χ4n) is 2.11. The van der Waals surface area contributed by atoms with E-state index in [4.69, 9.17) is 0 Å². The molecule has 0 unspecified atom stereocenters. The van der Waals surface area contributed by atoms with E-state index in [1.54, 1.807) is 10.9 Å². The van der Waals surface area contributed by atoms with Gasteiger partial charge in [-0.05, 0) is 18.9 Å². The number of hydrogen-bond acceptors (Lipinski definition) is 4. The predicted octanol–water partition coefficient (Wildman–Crippen LogP) is 0.382. The Morgan fingerprint density at radius 2 is 2.50 bits per heavy atom. The monoisotopic (exact) mass is 226 g/mol. The van der Waals surface area contributed by atoms with Crippen LogP contribution >= 0.6 is 0 Å². The van der Waals surface area contributed by atoms with Crippen LogP contribution in [0.3, 0.4) is 0 Å². The lowest BCUT2D eigenvalue weighted by Gasteiger charge is -2.13. The summed E-state index contributed by atoms with van der Waals surface area (Å²) in [6, 6.07) is 0. The van der Waals surface area contributed by atoms with E-state index in [2.05, 4.69) is 15.2 Å². The standard InChI is InChI=1S/C10H15FN4O/c11-2-4-14-3-1-9(5-14)6-15-7-10(8-16)12-13-15/h7-9H,1-6H2/t9-/m0/s1. The van der Waals surface area contributed by atoms with Gasteiger partial charge in [-0.1, -0.05) is 5.21 Å². The summed E-state index contributed by atoms with van der Waals surface area (Å²) in [6.45, 7) is 2.84. The predicted molar refractivity (Wildman–Crippen MR) is 55.9 cm³/mol. The first-order valence-corrected chi connectivity index (χ1v) is 5.45. The Bertz CT molecular complexity index is 354. The molecule has 1 atom stereocenters. The molecule has 0 amide bonds. The van der Waals surface area contributed by atoms with Gasteiger partial charge in [-0.3, -0.25) is 9.48 Å². The van der Waals surface area contributed by atoms with Gasteiger partial charge in [0.1, 0.15) is 12.4 Å². The maximum atomic E-state index is 12.1. The second kappa shape index (κ2) is 5.16. The third-order valence-corrected chi connectivity index (χ3v) is 2.89. The molecule has 0 saturated carbocycles. The van der Waals surface area contributed by atoms with Gasteiger partial charge in [0.25, 0.3) is 0 Å². The molecule has 0 radical (unpaired) electrons. The van der Waals surface area contributed by atoms with E-state index in [0.717, 1.165) is 26.1 Å². The lowest BCUT2D eigenvalue weighted by atomic mass is 10.1. The molecule has 1 aliphatic heterocycles. The number of rotatable bonds is 5. The van der Waals surface area contributed by atoms with Crippen molar-refractivity contribution in [1.82, 2.24) is 19.9 Å². The highest BCUT2D eigenvalue weighted by atomic mass is 19.1. The second-order valence-corrected chi connectivity index (χ2v) is 4.13. The first kappa shape index (κ1) is 11.2. The minimum Gasteiger partial charge on any atom is -0.300 e. The Morgan fingerprint density at radius 3 is 3.19 bits per heavy atom. The SMILES string of the molecule is O=Cc1cn(C[C@H]2CCN(CCF)C2)nn1. The summed E-state index contributed by atoms with van der Waals surface area (Å²) >= 11 is 0. The molecule has 0 spiro atoms. The first-order valence-electron chi connectivity index (χ1n) is 5.45. The molecular formula is C10H15FN4O. The molecular weight excluding hydrogens is 211 g/mol. The average molecular weight is 226 g/mol. The van der Waals surface area contributed by atoms with Crippen LogP contribution in [0.5, 0.6) is 0 Å². The van der Waals surface area contributed by atoms with Gasteiger partial charge in [-0.15, -0.1) is 5.10 Å². The van der Waals surface area contributed by atoms with Crippen LogP contribution in [0.4, 0.5) is 4.39 Å². The van der Waals surface area contributed by atoms with E-state index in [1.165, 1.54) is 0 Å². The molecule has 1 aliphatic rings. The van der Waals surface area contributed by atoms with Crippen molar-refractivity contribution in [2.24, 2.45) is 5.92 Å². The van der Waals surface area contributed by atoms with Crippen molar-refractivity contribution in [3.05, 3.63) is 11.9 Å². The van der Waals surface area contributed by atoms with E-state index >= 15 is 0 Å². The van der Waals surface area contributed by atoms with Gasteiger partial charge in [0.2, 0.25) is 0 Å². The van der Waals surface area contributed by atoms with Gasteiger partial charge in [0.05, 0.1) is 6.20 Å². The summed E-state index contributed by atoms with van der Waals surface area (Å²) in [5.74, 6) is 0.479. The molecule has 0 N–H and O–H groups in total. The maximum absolute atomic E-state index is 12.1. The molecule has 16 heavy (non-hydrogen) atoms. The van der Waals surface area contributed by atoms with Gasteiger partial charge in [-0.2, -0.15) is 0 Å². The molecule has 0 bridgehead atoms. The maximum Gasteiger partial charge on any atom is 0.171 e. The molecule has 1 aromatic rings. The fraction of sp³-hybridized carbons (Fsp3) is 0.700. The first-order chi connectivity index (χ1) is 7.81. The molecule has 0 aromatic carbocycles. The number of aldehydes is 1. The average Bonchev–Trinajstić information content (AvgIpc) is 2.89. The van der Waals surface area contributed by atoms with Crippen molar-refractivity contribution in [1.29, 1.82) is 0 Å². The molecule has 5 nitrogen and oxygen atoms in total. The van der Waals surface area contributed by atoms with E-state index in [-0.39, 0.29) is 6.67 Å². The Balaban J connectivity index is 1.84. The van der Waals surface area contributed by atoms with Gasteiger partial charge in [0, 0.05) is 19.6 Å². The fourth-order valence-corrected chi connectivity index (χ4v) is 2.11. The zero-order valence-electron chi connectivity index (χ0n) is 9.05. The molecule has 0 aliphatic carbocycles. The van der Waals surface area contributed by atoms with E-state index in [1.807, 2.05) is 0 Å². The van der Waals surface area contributed by atoms with Crippen molar-refractivity contribution in [3.63, 3.8) is 0 Å². The number of nitrogens with zero attached hydrogens (tertiary/aromatic N) is 4. The van der Waals surface area contributed by atoms with Crippen LogP contribution in [0.25, 0.3) is 0 Å². The minimum absolute atomic E-state index is 0.286. The molecule has 1 saturated heterocycles. The molecule has 2 rings (SSSR count). The number of likely N-dealkylation sites (tertiary alicyclic amines) is 1. The molecule has 6 heteroatoms. The normalized spacial score (nSPS) is 21.4. The summed E-state index contributed by atoms with van der Waals surface area (Å²) in [4.78, 5) is 12.5. The highest BCUT2D eigenvalue weighted by molar-refractivity contribution is 5.70. The number of carbonyl (C=O) groups is 1. The Hall–Kier alpha value is -1.30. The van der Waals surface area contributed by atoms with Gasteiger partial charge < -0.3 is 4.90 Å². The molecule has 1 aromatic heterocycles.